The van der Waals surface area contributed by atoms with E-state index >= 15 is 0 Å². The molecule has 1 fully saturated rings. The average molecular weight is 506 g/mol. The Morgan fingerprint density at radius 1 is 0.811 bits per heavy atom. The summed E-state index contributed by atoms with van der Waals surface area (Å²) in [6.07, 6.45) is 1.20. The van der Waals surface area contributed by atoms with Crippen LogP contribution in [0.25, 0.3) is 11.1 Å². The fraction of sp³-hybridized carbons (Fsp3) is 0.345. The number of amides is 1. The van der Waals surface area contributed by atoms with Gasteiger partial charge in [-0.3, -0.25) is 4.79 Å². The van der Waals surface area contributed by atoms with Gasteiger partial charge >= 0.3 is 0 Å². The van der Waals surface area contributed by atoms with E-state index in [-0.39, 0.29) is 5.91 Å². The lowest BCUT2D eigenvalue weighted by atomic mass is 9.98. The minimum atomic E-state index is -0.724. The molecule has 5 rings (SSSR count). The number of rotatable bonds is 6. The molecule has 8 nitrogen and oxygen atoms in total. The molecule has 1 spiro atoms. The summed E-state index contributed by atoms with van der Waals surface area (Å²) in [5.41, 5.74) is 3.53. The molecular weight excluding hydrogens is 474 g/mol. The van der Waals surface area contributed by atoms with Crippen LogP contribution in [-0.2, 0) is 11.3 Å². The fourth-order valence-corrected chi connectivity index (χ4v) is 4.87. The van der Waals surface area contributed by atoms with E-state index in [4.69, 9.17) is 28.4 Å². The highest BCUT2D eigenvalue weighted by Crippen LogP contribution is 2.43. The smallest absolute Gasteiger partial charge is 0.253 e. The van der Waals surface area contributed by atoms with E-state index in [2.05, 4.69) is 6.07 Å². The molecule has 0 bridgehead atoms. The Labute approximate surface area is 216 Å². The van der Waals surface area contributed by atoms with Crippen LogP contribution >= 0.6 is 0 Å². The number of ether oxygens (including phenoxy) is 6. The zero-order valence-corrected chi connectivity index (χ0v) is 21.5. The third-order valence-electron chi connectivity index (χ3n) is 6.99. The number of methoxy groups -OCH3 is 4. The normalized spacial score (nSPS) is 15.9. The predicted molar refractivity (Wildman–Crippen MR) is 138 cm³/mol. The molecule has 2 aliphatic rings. The van der Waals surface area contributed by atoms with E-state index in [9.17, 15) is 4.79 Å². The number of carbonyl (C=O) groups excluding carboxylic acids is 1. The van der Waals surface area contributed by atoms with Gasteiger partial charge in [-0.25, -0.2) is 0 Å². The molecule has 0 radical (unpaired) electrons. The summed E-state index contributed by atoms with van der Waals surface area (Å²) in [6.45, 7) is 1.55. The van der Waals surface area contributed by atoms with Gasteiger partial charge in [-0.05, 0) is 59.7 Å². The number of benzene rings is 3. The molecule has 3 aromatic rings. The zero-order chi connectivity index (χ0) is 26.0. The molecule has 194 valence electrons. The van der Waals surface area contributed by atoms with E-state index in [1.54, 1.807) is 52.7 Å². The van der Waals surface area contributed by atoms with E-state index in [0.29, 0.717) is 55.4 Å². The van der Waals surface area contributed by atoms with Crippen LogP contribution in [0.2, 0.25) is 0 Å². The number of hydrogen-bond donors (Lipinski definition) is 0. The Morgan fingerprint density at radius 3 is 2.08 bits per heavy atom. The van der Waals surface area contributed by atoms with Gasteiger partial charge in [0.2, 0.25) is 11.5 Å². The van der Waals surface area contributed by atoms with E-state index < -0.39 is 5.79 Å². The van der Waals surface area contributed by atoms with Crippen LogP contribution in [0.1, 0.15) is 28.8 Å². The standard InChI is InChI=1S/C29H31NO7/c1-32-23-8-5-19(6-9-23)28(31)30-13-11-29(12-14-30)36-18-22-15-20(7-10-24(22)37-29)21-16-25(33-2)27(35-4)26(17-21)34-3/h5-10,15-17H,11-14,18H2,1-4H3. The van der Waals surface area contributed by atoms with Crippen molar-refractivity contribution in [3.63, 3.8) is 0 Å². The van der Waals surface area contributed by atoms with Gasteiger partial charge < -0.3 is 33.3 Å². The van der Waals surface area contributed by atoms with Crippen LogP contribution in [-0.4, -0.2) is 58.1 Å². The Kier molecular flexibility index (Phi) is 6.84. The molecule has 2 aliphatic heterocycles. The van der Waals surface area contributed by atoms with Gasteiger partial charge in [0.15, 0.2) is 11.5 Å². The fourth-order valence-electron chi connectivity index (χ4n) is 4.87. The van der Waals surface area contributed by atoms with Gasteiger partial charge in [-0.2, -0.15) is 0 Å². The van der Waals surface area contributed by atoms with Crippen LogP contribution < -0.4 is 23.7 Å². The van der Waals surface area contributed by atoms with Gasteiger partial charge in [0.1, 0.15) is 11.5 Å². The second-order valence-electron chi connectivity index (χ2n) is 9.06. The first-order chi connectivity index (χ1) is 18.0. The molecule has 0 N–H and O–H groups in total. The maximum atomic E-state index is 13.0. The van der Waals surface area contributed by atoms with Crippen molar-refractivity contribution in [3.8, 4) is 39.9 Å². The minimum absolute atomic E-state index is 0.00343. The Balaban J connectivity index is 1.29. The molecule has 3 aromatic carbocycles. The largest absolute Gasteiger partial charge is 0.497 e. The van der Waals surface area contributed by atoms with Crippen LogP contribution in [0.5, 0.6) is 28.7 Å². The number of nitrogens with zero attached hydrogens (tertiary/aromatic N) is 1. The van der Waals surface area contributed by atoms with Gasteiger partial charge in [-0.15, -0.1) is 0 Å². The van der Waals surface area contributed by atoms with Crippen molar-refractivity contribution in [2.75, 3.05) is 41.5 Å². The molecule has 0 aliphatic carbocycles. The summed E-state index contributed by atoms with van der Waals surface area (Å²) in [6, 6.07) is 17.1. The van der Waals surface area contributed by atoms with Crippen molar-refractivity contribution < 1.29 is 33.2 Å². The molecule has 0 atom stereocenters. The summed E-state index contributed by atoms with van der Waals surface area (Å²) in [4.78, 5) is 14.8. The summed E-state index contributed by atoms with van der Waals surface area (Å²) >= 11 is 0. The van der Waals surface area contributed by atoms with Crippen LogP contribution in [0, 0.1) is 0 Å². The van der Waals surface area contributed by atoms with Crippen molar-refractivity contribution in [2.45, 2.75) is 25.2 Å². The Hall–Kier alpha value is -3.91. The quantitative estimate of drug-likeness (QED) is 0.470. The highest BCUT2D eigenvalue weighted by atomic mass is 16.7. The summed E-state index contributed by atoms with van der Waals surface area (Å²) in [5, 5.41) is 0. The third kappa shape index (κ3) is 4.76. The summed E-state index contributed by atoms with van der Waals surface area (Å²) in [5.74, 6) is 2.55. The van der Waals surface area contributed by atoms with Gasteiger partial charge in [-0.1, -0.05) is 6.07 Å². The SMILES string of the molecule is COc1ccc(C(=O)N2CCC3(CC2)OCc2cc(-c4cc(OC)c(OC)c(OC)c4)ccc2O3)cc1. The molecule has 0 unspecified atom stereocenters. The second-order valence-corrected chi connectivity index (χ2v) is 9.06. The molecule has 8 heteroatoms. The van der Waals surface area contributed by atoms with E-state index in [1.165, 1.54) is 0 Å². The van der Waals surface area contributed by atoms with E-state index in [1.807, 2.05) is 29.2 Å². The topological polar surface area (TPSA) is 75.7 Å². The van der Waals surface area contributed by atoms with Crippen LogP contribution in [0.15, 0.2) is 54.6 Å². The molecule has 1 saturated heterocycles. The van der Waals surface area contributed by atoms with E-state index in [0.717, 1.165) is 28.2 Å². The number of likely N-dealkylation sites (tertiary alicyclic amines) is 1. The Bertz CT molecular complexity index is 1250. The molecule has 1 amide bonds. The third-order valence-corrected chi connectivity index (χ3v) is 6.99. The first-order valence-corrected chi connectivity index (χ1v) is 12.2. The van der Waals surface area contributed by atoms with Crippen molar-refractivity contribution in [2.24, 2.45) is 0 Å². The number of carbonyl (C=O) groups is 1. The number of hydrogen-bond acceptors (Lipinski definition) is 7. The lowest BCUT2D eigenvalue weighted by Crippen LogP contribution is -2.52. The maximum absolute atomic E-state index is 13.0. The molecule has 37 heavy (non-hydrogen) atoms. The van der Waals surface area contributed by atoms with Crippen LogP contribution in [0.4, 0.5) is 0 Å². The van der Waals surface area contributed by atoms with Crippen molar-refractivity contribution in [1.29, 1.82) is 0 Å². The average Bonchev–Trinajstić information content (AvgIpc) is 2.96. The maximum Gasteiger partial charge on any atom is 0.253 e. The minimum Gasteiger partial charge on any atom is -0.497 e. The zero-order valence-electron chi connectivity index (χ0n) is 21.5. The van der Waals surface area contributed by atoms with Crippen molar-refractivity contribution in [3.05, 3.63) is 65.7 Å². The summed E-state index contributed by atoms with van der Waals surface area (Å²) < 4.78 is 34.3. The Morgan fingerprint density at radius 2 is 1.49 bits per heavy atom. The molecule has 2 heterocycles. The lowest BCUT2D eigenvalue weighted by Gasteiger charge is -2.44. The molecule has 0 saturated carbocycles. The van der Waals surface area contributed by atoms with Crippen molar-refractivity contribution in [1.82, 2.24) is 4.90 Å². The highest BCUT2D eigenvalue weighted by Gasteiger charge is 2.42. The second kappa shape index (κ2) is 10.2. The van der Waals surface area contributed by atoms with Gasteiger partial charge in [0, 0.05) is 37.1 Å². The number of piperidine rings is 1. The molecular formula is C29H31NO7. The predicted octanol–water partition coefficient (Wildman–Crippen LogP) is 4.93. The highest BCUT2D eigenvalue weighted by molar-refractivity contribution is 5.94. The summed E-state index contributed by atoms with van der Waals surface area (Å²) in [7, 11) is 6.40. The molecule has 0 aromatic heterocycles. The van der Waals surface area contributed by atoms with Gasteiger partial charge in [0.25, 0.3) is 5.91 Å². The number of fused-ring (bicyclic) bond motifs is 1. The van der Waals surface area contributed by atoms with Gasteiger partial charge in [0.05, 0.1) is 35.0 Å². The van der Waals surface area contributed by atoms with Crippen LogP contribution in [0.3, 0.4) is 0 Å². The van der Waals surface area contributed by atoms with Crippen molar-refractivity contribution >= 4 is 5.91 Å². The first-order valence-electron chi connectivity index (χ1n) is 12.2. The first kappa shape index (κ1) is 24.8. The lowest BCUT2D eigenvalue weighted by molar-refractivity contribution is -0.225. The monoisotopic (exact) mass is 505 g/mol.